The van der Waals surface area contributed by atoms with Crippen molar-refractivity contribution in [3.05, 3.63) is 85.1 Å². The molecule has 360 valence electrons. The molecule has 0 radical (unpaired) electrons. The number of allylic oxidation sites excluding steroid dienone is 14. The zero-order chi connectivity index (χ0) is 45.8. The molecule has 0 rings (SSSR count). The molecular weight excluding hydrogens is 781 g/mol. The second-order valence-electron chi connectivity index (χ2n) is 17.1. The topological polar surface area (TPSA) is 78.9 Å². The lowest BCUT2D eigenvalue weighted by Gasteiger charge is -2.18. The van der Waals surface area contributed by atoms with Crippen molar-refractivity contribution in [3.8, 4) is 0 Å². The second kappa shape index (κ2) is 51.2. The van der Waals surface area contributed by atoms with Crippen molar-refractivity contribution < 1.29 is 28.6 Å². The first-order chi connectivity index (χ1) is 31.0. The van der Waals surface area contributed by atoms with Crippen LogP contribution in [0.5, 0.6) is 0 Å². The fourth-order valence-corrected chi connectivity index (χ4v) is 6.99. The van der Waals surface area contributed by atoms with Crippen LogP contribution in [-0.4, -0.2) is 37.2 Å². The molecule has 0 fully saturated rings. The van der Waals surface area contributed by atoms with Gasteiger partial charge in [-0.3, -0.25) is 14.4 Å². The fourth-order valence-electron chi connectivity index (χ4n) is 6.99. The Labute approximate surface area is 388 Å². The molecule has 6 nitrogen and oxygen atoms in total. The van der Waals surface area contributed by atoms with Gasteiger partial charge in [-0.05, 0) is 83.5 Å². The van der Waals surface area contributed by atoms with Crippen LogP contribution in [0.15, 0.2) is 85.1 Å². The van der Waals surface area contributed by atoms with E-state index in [1.807, 2.05) is 6.08 Å². The first-order valence-corrected chi connectivity index (χ1v) is 26.1. The lowest BCUT2D eigenvalue weighted by atomic mass is 10.0. The Bertz CT molecular complexity index is 1240. The molecule has 0 aliphatic carbocycles. The van der Waals surface area contributed by atoms with Gasteiger partial charge >= 0.3 is 17.9 Å². The van der Waals surface area contributed by atoms with E-state index in [0.29, 0.717) is 19.3 Å². The third-order valence-corrected chi connectivity index (χ3v) is 10.9. The SMILES string of the molecule is CC/C=C\C/C=C\C/C=C\C/C=C\C/C=C\C/C=C\CCC(=O)OCC(COC(=O)CCCCCCCCCCCCCCC)OC(=O)CCCCCCC/C=C\CCCCCC. The number of esters is 3. The molecular formula is C57H96O6. The summed E-state index contributed by atoms with van der Waals surface area (Å²) >= 11 is 0. The van der Waals surface area contributed by atoms with E-state index in [0.717, 1.165) is 89.9 Å². The Morgan fingerprint density at radius 1 is 0.333 bits per heavy atom. The average molecular weight is 877 g/mol. The number of unbranched alkanes of at least 4 members (excludes halogenated alkanes) is 21. The molecule has 63 heavy (non-hydrogen) atoms. The van der Waals surface area contributed by atoms with E-state index in [9.17, 15) is 14.4 Å². The highest BCUT2D eigenvalue weighted by Crippen LogP contribution is 2.14. The van der Waals surface area contributed by atoms with Gasteiger partial charge in [0.25, 0.3) is 0 Å². The monoisotopic (exact) mass is 877 g/mol. The Balaban J connectivity index is 4.49. The summed E-state index contributed by atoms with van der Waals surface area (Å²) < 4.78 is 16.7. The van der Waals surface area contributed by atoms with Gasteiger partial charge < -0.3 is 14.2 Å². The van der Waals surface area contributed by atoms with Crippen LogP contribution in [0.2, 0.25) is 0 Å². The molecule has 6 heteroatoms. The van der Waals surface area contributed by atoms with Crippen molar-refractivity contribution in [3.63, 3.8) is 0 Å². The maximum atomic E-state index is 12.8. The number of carbonyl (C=O) groups is 3. The molecule has 0 aromatic rings. The molecule has 1 unspecified atom stereocenters. The van der Waals surface area contributed by atoms with E-state index in [-0.39, 0.29) is 37.5 Å². The number of ether oxygens (including phenoxy) is 3. The first kappa shape index (κ1) is 59.6. The van der Waals surface area contributed by atoms with Gasteiger partial charge in [-0.2, -0.15) is 0 Å². The first-order valence-electron chi connectivity index (χ1n) is 26.1. The van der Waals surface area contributed by atoms with Crippen LogP contribution in [0.25, 0.3) is 0 Å². The van der Waals surface area contributed by atoms with Gasteiger partial charge in [-0.25, -0.2) is 0 Å². The van der Waals surface area contributed by atoms with Gasteiger partial charge in [0.15, 0.2) is 6.10 Å². The Kier molecular flexibility index (Phi) is 48.5. The van der Waals surface area contributed by atoms with Crippen molar-refractivity contribution >= 4 is 17.9 Å². The second-order valence-corrected chi connectivity index (χ2v) is 17.1. The normalized spacial score (nSPS) is 12.7. The molecule has 1 atom stereocenters. The van der Waals surface area contributed by atoms with Crippen LogP contribution < -0.4 is 0 Å². The number of rotatable bonds is 46. The zero-order valence-corrected chi connectivity index (χ0v) is 41.1. The molecule has 0 bridgehead atoms. The van der Waals surface area contributed by atoms with Crippen molar-refractivity contribution in [2.45, 2.75) is 245 Å². The van der Waals surface area contributed by atoms with Crippen molar-refractivity contribution in [2.75, 3.05) is 13.2 Å². The molecule has 0 aliphatic rings. The Hall–Kier alpha value is -3.41. The van der Waals surface area contributed by atoms with Crippen LogP contribution in [0, 0.1) is 0 Å². The van der Waals surface area contributed by atoms with Crippen LogP contribution in [0.1, 0.15) is 239 Å². The molecule has 0 heterocycles. The minimum Gasteiger partial charge on any atom is -0.462 e. The highest BCUT2D eigenvalue weighted by atomic mass is 16.6. The minimum absolute atomic E-state index is 0.102. The van der Waals surface area contributed by atoms with Crippen molar-refractivity contribution in [2.24, 2.45) is 0 Å². The zero-order valence-electron chi connectivity index (χ0n) is 41.1. The van der Waals surface area contributed by atoms with Crippen LogP contribution in [-0.2, 0) is 28.6 Å². The molecule has 0 N–H and O–H groups in total. The van der Waals surface area contributed by atoms with Gasteiger partial charge in [0.2, 0.25) is 0 Å². The van der Waals surface area contributed by atoms with Crippen LogP contribution in [0.3, 0.4) is 0 Å². The summed E-state index contributed by atoms with van der Waals surface area (Å²) in [6.07, 6.45) is 65.7. The molecule has 0 spiro atoms. The fraction of sp³-hybridized carbons (Fsp3) is 0.702. The number of hydrogen-bond acceptors (Lipinski definition) is 6. The Morgan fingerprint density at radius 2 is 0.651 bits per heavy atom. The van der Waals surface area contributed by atoms with Crippen molar-refractivity contribution in [1.82, 2.24) is 0 Å². The standard InChI is InChI=1S/C57H96O6/c1-4-7-10-13-16-19-22-25-26-27-28-29-30-33-35-38-41-44-47-50-56(59)62-53-54(63-57(60)51-48-45-42-39-36-32-24-21-18-15-12-9-6-3)52-61-55(58)49-46-43-40-37-34-31-23-20-17-14-11-8-5-2/h7,10,16,19,21,24-26,28-29,33,35,41,44,54H,4-6,8-9,11-15,17-18,20,22-23,27,30-32,34,36-40,42-43,45-53H2,1-3H3/b10-7-,19-16-,24-21-,26-25-,29-28-,35-33-,44-41-. The summed E-state index contributed by atoms with van der Waals surface area (Å²) in [7, 11) is 0. The lowest BCUT2D eigenvalue weighted by Crippen LogP contribution is -2.30. The van der Waals surface area contributed by atoms with E-state index < -0.39 is 6.10 Å². The summed E-state index contributed by atoms with van der Waals surface area (Å²) in [5.41, 5.74) is 0. The minimum atomic E-state index is -0.809. The summed E-state index contributed by atoms with van der Waals surface area (Å²) in [6.45, 7) is 6.43. The summed E-state index contributed by atoms with van der Waals surface area (Å²) in [5, 5.41) is 0. The van der Waals surface area contributed by atoms with Crippen LogP contribution in [0.4, 0.5) is 0 Å². The third-order valence-electron chi connectivity index (χ3n) is 10.9. The maximum Gasteiger partial charge on any atom is 0.306 e. The molecule has 0 saturated carbocycles. The maximum absolute atomic E-state index is 12.8. The lowest BCUT2D eigenvalue weighted by molar-refractivity contribution is -0.166. The molecule has 0 amide bonds. The van der Waals surface area contributed by atoms with E-state index in [2.05, 4.69) is 99.8 Å². The van der Waals surface area contributed by atoms with Crippen molar-refractivity contribution in [1.29, 1.82) is 0 Å². The van der Waals surface area contributed by atoms with Crippen LogP contribution >= 0.6 is 0 Å². The molecule has 0 aromatic carbocycles. The Morgan fingerprint density at radius 3 is 1.08 bits per heavy atom. The number of hydrogen-bond donors (Lipinski definition) is 0. The van der Waals surface area contributed by atoms with E-state index in [1.165, 1.54) is 103 Å². The van der Waals surface area contributed by atoms with E-state index in [4.69, 9.17) is 14.2 Å². The largest absolute Gasteiger partial charge is 0.462 e. The van der Waals surface area contributed by atoms with Gasteiger partial charge in [-0.15, -0.1) is 0 Å². The van der Waals surface area contributed by atoms with Gasteiger partial charge in [0, 0.05) is 19.3 Å². The quantitative estimate of drug-likeness (QED) is 0.0262. The highest BCUT2D eigenvalue weighted by molar-refractivity contribution is 5.71. The molecule has 0 saturated heterocycles. The highest BCUT2D eigenvalue weighted by Gasteiger charge is 2.19. The predicted molar refractivity (Wildman–Crippen MR) is 270 cm³/mol. The van der Waals surface area contributed by atoms with Gasteiger partial charge in [0.1, 0.15) is 13.2 Å². The molecule has 0 aromatic heterocycles. The predicted octanol–water partition coefficient (Wildman–Crippen LogP) is 17.2. The summed E-state index contributed by atoms with van der Waals surface area (Å²) in [6, 6.07) is 0. The molecule has 0 aliphatic heterocycles. The van der Waals surface area contributed by atoms with E-state index >= 15 is 0 Å². The van der Waals surface area contributed by atoms with E-state index in [1.54, 1.807) is 0 Å². The summed E-state index contributed by atoms with van der Waals surface area (Å²) in [5.74, 6) is -0.998. The smallest absolute Gasteiger partial charge is 0.306 e. The third kappa shape index (κ3) is 49.5. The number of carbonyl (C=O) groups excluding carboxylic acids is 3. The average Bonchev–Trinajstić information content (AvgIpc) is 3.28. The summed E-state index contributed by atoms with van der Waals surface area (Å²) in [4.78, 5) is 37.9. The van der Waals surface area contributed by atoms with Gasteiger partial charge in [0.05, 0.1) is 0 Å². The van der Waals surface area contributed by atoms with Gasteiger partial charge in [-0.1, -0.05) is 221 Å².